The summed E-state index contributed by atoms with van der Waals surface area (Å²) in [6.07, 6.45) is 3.06. The van der Waals surface area contributed by atoms with Crippen LogP contribution in [-0.2, 0) is 16.1 Å². The molecular formula is C18H17FO3. The third-order valence-electron chi connectivity index (χ3n) is 2.87. The normalized spacial score (nSPS) is 10.6. The maximum absolute atomic E-state index is 13.0. The Bertz CT molecular complexity index is 648. The zero-order valence-electron chi connectivity index (χ0n) is 12.3. The molecule has 0 heterocycles. The first-order valence-corrected chi connectivity index (χ1v) is 6.99. The molecule has 0 N–H and O–H groups in total. The van der Waals surface area contributed by atoms with Gasteiger partial charge in [0.1, 0.15) is 18.2 Å². The Morgan fingerprint density at radius 3 is 2.64 bits per heavy atom. The Morgan fingerprint density at radius 1 is 1.18 bits per heavy atom. The maximum atomic E-state index is 13.0. The van der Waals surface area contributed by atoms with E-state index in [2.05, 4.69) is 0 Å². The van der Waals surface area contributed by atoms with E-state index in [0.717, 1.165) is 11.1 Å². The highest BCUT2D eigenvalue weighted by molar-refractivity contribution is 5.87. The van der Waals surface area contributed by atoms with Gasteiger partial charge in [0.05, 0.1) is 6.61 Å². The molecule has 2 rings (SSSR count). The van der Waals surface area contributed by atoms with E-state index in [-0.39, 0.29) is 11.8 Å². The lowest BCUT2D eigenvalue weighted by molar-refractivity contribution is -0.137. The van der Waals surface area contributed by atoms with Crippen LogP contribution < -0.4 is 4.74 Å². The third kappa shape index (κ3) is 5.05. The minimum atomic E-state index is -0.367. The average Bonchev–Trinajstić information content (AvgIpc) is 2.52. The van der Waals surface area contributed by atoms with Crippen LogP contribution in [0.25, 0.3) is 6.08 Å². The number of carbonyl (C=O) groups excluding carboxylic acids is 1. The molecule has 0 fully saturated rings. The Kier molecular flexibility index (Phi) is 5.72. The lowest BCUT2D eigenvalue weighted by Gasteiger charge is -2.06. The van der Waals surface area contributed by atoms with Crippen molar-refractivity contribution in [3.63, 3.8) is 0 Å². The van der Waals surface area contributed by atoms with Gasteiger partial charge >= 0.3 is 5.97 Å². The van der Waals surface area contributed by atoms with Crippen LogP contribution in [0.15, 0.2) is 54.6 Å². The van der Waals surface area contributed by atoms with Crippen molar-refractivity contribution in [2.45, 2.75) is 13.5 Å². The number of halogens is 1. The van der Waals surface area contributed by atoms with Crippen molar-refractivity contribution in [2.75, 3.05) is 6.61 Å². The predicted octanol–water partition coefficient (Wildman–Crippen LogP) is 3.98. The van der Waals surface area contributed by atoms with Gasteiger partial charge < -0.3 is 9.47 Å². The molecule has 4 heteroatoms. The molecule has 0 amide bonds. The van der Waals surface area contributed by atoms with Gasteiger partial charge in [-0.2, -0.15) is 0 Å². The maximum Gasteiger partial charge on any atom is 0.330 e. The number of hydrogen-bond acceptors (Lipinski definition) is 3. The van der Waals surface area contributed by atoms with Crippen molar-refractivity contribution in [3.8, 4) is 5.75 Å². The lowest BCUT2D eigenvalue weighted by atomic mass is 10.2. The summed E-state index contributed by atoms with van der Waals surface area (Å²) in [6, 6.07) is 13.5. The topological polar surface area (TPSA) is 35.5 Å². The summed E-state index contributed by atoms with van der Waals surface area (Å²) in [5.41, 5.74) is 1.64. The van der Waals surface area contributed by atoms with E-state index in [9.17, 15) is 9.18 Å². The van der Waals surface area contributed by atoms with Crippen LogP contribution in [0.5, 0.6) is 5.75 Å². The summed E-state index contributed by atoms with van der Waals surface area (Å²) in [5.74, 6) is 0.0343. The third-order valence-corrected chi connectivity index (χ3v) is 2.87. The van der Waals surface area contributed by atoms with Crippen molar-refractivity contribution in [2.24, 2.45) is 0 Å². The molecule has 2 aromatic rings. The second-order valence-electron chi connectivity index (χ2n) is 4.57. The van der Waals surface area contributed by atoms with Gasteiger partial charge in [0, 0.05) is 6.08 Å². The van der Waals surface area contributed by atoms with E-state index >= 15 is 0 Å². The van der Waals surface area contributed by atoms with Crippen LogP contribution in [0.3, 0.4) is 0 Å². The molecule has 0 aliphatic carbocycles. The van der Waals surface area contributed by atoms with E-state index in [1.807, 2.05) is 12.1 Å². The molecule has 0 aromatic heterocycles. The monoisotopic (exact) mass is 300 g/mol. The summed E-state index contributed by atoms with van der Waals surface area (Å²) in [5, 5.41) is 0. The van der Waals surface area contributed by atoms with Crippen LogP contribution in [0.1, 0.15) is 18.1 Å². The highest BCUT2D eigenvalue weighted by Crippen LogP contribution is 2.15. The van der Waals surface area contributed by atoms with Crippen LogP contribution in [-0.4, -0.2) is 12.6 Å². The zero-order chi connectivity index (χ0) is 15.8. The van der Waals surface area contributed by atoms with Crippen molar-refractivity contribution < 1.29 is 18.7 Å². The molecule has 0 saturated carbocycles. The second-order valence-corrected chi connectivity index (χ2v) is 4.57. The Morgan fingerprint density at radius 2 is 1.95 bits per heavy atom. The van der Waals surface area contributed by atoms with E-state index in [1.54, 1.807) is 37.3 Å². The number of benzene rings is 2. The largest absolute Gasteiger partial charge is 0.489 e. The molecule has 2 aromatic carbocycles. The number of carbonyl (C=O) groups is 1. The molecule has 114 valence electrons. The standard InChI is InChI=1S/C18H17FO3/c1-2-21-18(20)11-8-14-6-9-17(10-7-14)22-13-15-4-3-5-16(19)12-15/h3-12H,2,13H2,1H3. The molecule has 0 radical (unpaired) electrons. The molecule has 3 nitrogen and oxygen atoms in total. The summed E-state index contributed by atoms with van der Waals surface area (Å²) in [4.78, 5) is 11.2. The van der Waals surface area contributed by atoms with Crippen molar-refractivity contribution in [1.29, 1.82) is 0 Å². The molecule has 0 saturated heterocycles. The first kappa shape index (κ1) is 15.8. The van der Waals surface area contributed by atoms with Gasteiger partial charge in [-0.05, 0) is 48.4 Å². The minimum Gasteiger partial charge on any atom is -0.489 e. The van der Waals surface area contributed by atoms with Crippen molar-refractivity contribution in [3.05, 3.63) is 71.6 Å². The molecule has 0 bridgehead atoms. The molecule has 0 atom stereocenters. The smallest absolute Gasteiger partial charge is 0.330 e. The van der Waals surface area contributed by atoms with Crippen LogP contribution >= 0.6 is 0 Å². The second kappa shape index (κ2) is 7.98. The Balaban J connectivity index is 1.90. The summed E-state index contributed by atoms with van der Waals surface area (Å²) >= 11 is 0. The van der Waals surface area contributed by atoms with Crippen LogP contribution in [0.2, 0.25) is 0 Å². The molecular weight excluding hydrogens is 283 g/mol. The van der Waals surface area contributed by atoms with Gasteiger partial charge in [-0.25, -0.2) is 9.18 Å². The fraction of sp³-hybridized carbons (Fsp3) is 0.167. The lowest BCUT2D eigenvalue weighted by Crippen LogP contribution is -1.98. The van der Waals surface area contributed by atoms with E-state index in [1.165, 1.54) is 18.2 Å². The predicted molar refractivity (Wildman–Crippen MR) is 82.8 cm³/mol. The highest BCUT2D eigenvalue weighted by Gasteiger charge is 1.98. The van der Waals surface area contributed by atoms with Gasteiger partial charge in [-0.1, -0.05) is 24.3 Å². The first-order chi connectivity index (χ1) is 10.7. The van der Waals surface area contributed by atoms with E-state index in [4.69, 9.17) is 9.47 Å². The van der Waals surface area contributed by atoms with Gasteiger partial charge in [0.15, 0.2) is 0 Å². The van der Waals surface area contributed by atoms with Crippen LogP contribution in [0.4, 0.5) is 4.39 Å². The van der Waals surface area contributed by atoms with Gasteiger partial charge in [-0.3, -0.25) is 0 Å². The number of hydrogen-bond donors (Lipinski definition) is 0. The molecule has 0 spiro atoms. The Labute approximate surface area is 129 Å². The van der Waals surface area contributed by atoms with Gasteiger partial charge in [0.2, 0.25) is 0 Å². The van der Waals surface area contributed by atoms with Crippen LogP contribution in [0, 0.1) is 5.82 Å². The average molecular weight is 300 g/mol. The van der Waals surface area contributed by atoms with Gasteiger partial charge in [-0.15, -0.1) is 0 Å². The fourth-order valence-corrected chi connectivity index (χ4v) is 1.82. The Hall–Kier alpha value is -2.62. The highest BCUT2D eigenvalue weighted by atomic mass is 19.1. The summed E-state index contributed by atoms with van der Waals surface area (Å²) in [7, 11) is 0. The first-order valence-electron chi connectivity index (χ1n) is 6.99. The minimum absolute atomic E-state index is 0.277. The number of rotatable bonds is 6. The number of ether oxygens (including phenoxy) is 2. The zero-order valence-corrected chi connectivity index (χ0v) is 12.3. The molecule has 22 heavy (non-hydrogen) atoms. The summed E-state index contributed by atoms with van der Waals surface area (Å²) < 4.78 is 23.4. The fourth-order valence-electron chi connectivity index (χ4n) is 1.82. The van der Waals surface area contributed by atoms with Crippen molar-refractivity contribution >= 4 is 12.0 Å². The van der Waals surface area contributed by atoms with Crippen molar-refractivity contribution in [1.82, 2.24) is 0 Å². The quantitative estimate of drug-likeness (QED) is 0.598. The summed E-state index contributed by atoms with van der Waals surface area (Å²) in [6.45, 7) is 2.42. The molecule has 0 aliphatic rings. The number of esters is 1. The van der Waals surface area contributed by atoms with E-state index in [0.29, 0.717) is 19.0 Å². The SMILES string of the molecule is CCOC(=O)C=Cc1ccc(OCc2cccc(F)c2)cc1. The molecule has 0 aliphatic heterocycles. The molecule has 0 unspecified atom stereocenters. The van der Waals surface area contributed by atoms with E-state index < -0.39 is 0 Å². The van der Waals surface area contributed by atoms with Gasteiger partial charge in [0.25, 0.3) is 0 Å².